The van der Waals surface area contributed by atoms with Gasteiger partial charge in [0.15, 0.2) is 0 Å². The average molecular weight is 233 g/mol. The second-order valence-electron chi connectivity index (χ2n) is 3.54. The minimum atomic E-state index is -5.25. The second-order valence-corrected chi connectivity index (χ2v) is 3.54. The number of alkyl halides is 4. The number of nitrogens with zero attached hydrogens (tertiary/aromatic N) is 1. The van der Waals surface area contributed by atoms with Gasteiger partial charge in [-0.15, -0.1) is 0 Å². The molecule has 1 aliphatic rings. The lowest BCUT2D eigenvalue weighted by molar-refractivity contribution is -0.227. The highest BCUT2D eigenvalue weighted by molar-refractivity contribution is 6.07. The van der Waals surface area contributed by atoms with Gasteiger partial charge in [0, 0.05) is 12.6 Å². The maximum Gasteiger partial charge on any atom is 0.436 e. The SMILES string of the molecule is CN1C(=O)[C@](F)(C(F)(F)F)c2ccccc21. The maximum absolute atomic E-state index is 13.9. The number of para-hydroxylation sites is 1. The Kier molecular flexibility index (Phi) is 2.02. The summed E-state index contributed by atoms with van der Waals surface area (Å²) in [6.07, 6.45) is -5.25. The molecular formula is C10H7F4NO. The lowest BCUT2D eigenvalue weighted by atomic mass is 9.97. The standard InChI is InChI=1S/C10H7F4NO/c1-15-7-5-3-2-4-6(7)9(11,8(15)16)10(12,13)14/h2-5H,1H3/t9-/m0/s1. The molecule has 0 saturated carbocycles. The van der Waals surface area contributed by atoms with Crippen molar-refractivity contribution < 1.29 is 22.4 Å². The summed E-state index contributed by atoms with van der Waals surface area (Å²) >= 11 is 0. The monoisotopic (exact) mass is 233 g/mol. The summed E-state index contributed by atoms with van der Waals surface area (Å²) < 4.78 is 51.8. The van der Waals surface area contributed by atoms with Gasteiger partial charge < -0.3 is 4.90 Å². The van der Waals surface area contributed by atoms with Crippen LogP contribution in [0, 0.1) is 0 Å². The lowest BCUT2D eigenvalue weighted by Gasteiger charge is -2.21. The normalized spacial score (nSPS) is 24.8. The molecule has 1 amide bonds. The van der Waals surface area contributed by atoms with Crippen molar-refractivity contribution in [3.8, 4) is 0 Å². The Hall–Kier alpha value is -1.59. The molecule has 1 aromatic carbocycles. The topological polar surface area (TPSA) is 20.3 Å². The summed E-state index contributed by atoms with van der Waals surface area (Å²) in [6.45, 7) is 0. The Labute approximate surface area is 88.5 Å². The Bertz CT molecular complexity index is 456. The van der Waals surface area contributed by atoms with Crippen LogP contribution in [0.2, 0.25) is 0 Å². The van der Waals surface area contributed by atoms with Crippen LogP contribution in [0.15, 0.2) is 24.3 Å². The summed E-state index contributed by atoms with van der Waals surface area (Å²) in [5.41, 5.74) is -4.61. The Morgan fingerprint density at radius 1 is 1.25 bits per heavy atom. The summed E-state index contributed by atoms with van der Waals surface area (Å²) in [5, 5.41) is 0. The fourth-order valence-electron chi connectivity index (χ4n) is 1.79. The van der Waals surface area contributed by atoms with E-state index in [1.165, 1.54) is 18.2 Å². The van der Waals surface area contributed by atoms with Crippen LogP contribution < -0.4 is 4.90 Å². The zero-order valence-electron chi connectivity index (χ0n) is 8.18. The largest absolute Gasteiger partial charge is 0.436 e. The number of anilines is 1. The minimum Gasteiger partial charge on any atom is -0.312 e. The number of benzene rings is 1. The average Bonchev–Trinajstić information content (AvgIpc) is 2.42. The molecule has 0 saturated heterocycles. The molecule has 0 unspecified atom stereocenters. The first-order valence-electron chi connectivity index (χ1n) is 4.43. The van der Waals surface area contributed by atoms with E-state index < -0.39 is 23.3 Å². The number of hydrogen-bond donors (Lipinski definition) is 0. The predicted octanol–water partition coefficient (Wildman–Crippen LogP) is 2.39. The summed E-state index contributed by atoms with van der Waals surface area (Å²) in [7, 11) is 1.12. The molecule has 0 fully saturated rings. The van der Waals surface area contributed by atoms with Crippen molar-refractivity contribution in [3.05, 3.63) is 29.8 Å². The van der Waals surface area contributed by atoms with E-state index >= 15 is 0 Å². The third-order valence-corrected chi connectivity index (χ3v) is 2.63. The van der Waals surface area contributed by atoms with Gasteiger partial charge in [0.1, 0.15) is 0 Å². The van der Waals surface area contributed by atoms with Crippen molar-refractivity contribution in [1.29, 1.82) is 0 Å². The molecule has 1 atom stereocenters. The highest BCUT2D eigenvalue weighted by Gasteiger charge is 2.68. The van der Waals surface area contributed by atoms with Crippen molar-refractivity contribution >= 4 is 11.6 Å². The number of amides is 1. The summed E-state index contributed by atoms with van der Waals surface area (Å²) in [4.78, 5) is 12.0. The molecule has 0 N–H and O–H groups in total. The van der Waals surface area contributed by atoms with Crippen molar-refractivity contribution in [1.82, 2.24) is 0 Å². The van der Waals surface area contributed by atoms with E-state index in [1.807, 2.05) is 0 Å². The molecule has 0 bridgehead atoms. The predicted molar refractivity (Wildman–Crippen MR) is 48.7 cm³/mol. The lowest BCUT2D eigenvalue weighted by Crippen LogP contribution is -2.46. The second kappa shape index (κ2) is 2.96. The highest BCUT2D eigenvalue weighted by Crippen LogP contribution is 2.51. The minimum absolute atomic E-state index is 0.0488. The molecule has 16 heavy (non-hydrogen) atoms. The third kappa shape index (κ3) is 1.10. The van der Waals surface area contributed by atoms with Crippen LogP contribution in [-0.2, 0) is 10.5 Å². The van der Waals surface area contributed by atoms with Crippen LogP contribution in [0.3, 0.4) is 0 Å². The van der Waals surface area contributed by atoms with Gasteiger partial charge in [0.25, 0.3) is 5.91 Å². The van der Waals surface area contributed by atoms with E-state index in [-0.39, 0.29) is 5.69 Å². The number of carbonyl (C=O) groups is 1. The number of hydrogen-bond acceptors (Lipinski definition) is 1. The van der Waals surface area contributed by atoms with E-state index in [0.717, 1.165) is 13.1 Å². The number of fused-ring (bicyclic) bond motifs is 1. The van der Waals surface area contributed by atoms with Gasteiger partial charge >= 0.3 is 11.8 Å². The molecule has 1 aliphatic heterocycles. The first-order valence-corrected chi connectivity index (χ1v) is 4.43. The Balaban J connectivity index is 2.71. The van der Waals surface area contributed by atoms with Crippen molar-refractivity contribution in [2.24, 2.45) is 0 Å². The third-order valence-electron chi connectivity index (χ3n) is 2.63. The molecule has 1 heterocycles. The van der Waals surface area contributed by atoms with E-state index in [2.05, 4.69) is 0 Å². The van der Waals surface area contributed by atoms with Gasteiger partial charge in [0.05, 0.1) is 5.69 Å². The van der Waals surface area contributed by atoms with Crippen LogP contribution >= 0.6 is 0 Å². The van der Waals surface area contributed by atoms with Crippen LogP contribution in [0.1, 0.15) is 5.56 Å². The van der Waals surface area contributed by atoms with Crippen LogP contribution in [0.4, 0.5) is 23.2 Å². The van der Waals surface area contributed by atoms with Gasteiger partial charge in [-0.05, 0) is 6.07 Å². The highest BCUT2D eigenvalue weighted by atomic mass is 19.4. The zero-order chi connectivity index (χ0) is 12.1. The smallest absolute Gasteiger partial charge is 0.312 e. The van der Waals surface area contributed by atoms with E-state index in [1.54, 1.807) is 0 Å². The molecule has 2 nitrogen and oxygen atoms in total. The molecule has 0 aliphatic carbocycles. The Morgan fingerprint density at radius 3 is 2.38 bits per heavy atom. The molecule has 0 aromatic heterocycles. The number of likely N-dealkylation sites (N-methyl/N-ethyl adjacent to an activating group) is 1. The van der Waals surface area contributed by atoms with Crippen LogP contribution in [-0.4, -0.2) is 19.1 Å². The quantitative estimate of drug-likeness (QED) is 0.630. The van der Waals surface area contributed by atoms with Gasteiger partial charge in [-0.3, -0.25) is 4.79 Å². The number of halogens is 4. The fraction of sp³-hybridized carbons (Fsp3) is 0.300. The van der Waals surface area contributed by atoms with E-state index in [0.29, 0.717) is 4.90 Å². The molecule has 0 spiro atoms. The number of carbonyl (C=O) groups excluding carboxylic acids is 1. The van der Waals surface area contributed by atoms with Gasteiger partial charge in [-0.2, -0.15) is 13.2 Å². The number of rotatable bonds is 0. The fourth-order valence-corrected chi connectivity index (χ4v) is 1.79. The van der Waals surface area contributed by atoms with Crippen molar-refractivity contribution in [2.45, 2.75) is 11.8 Å². The summed E-state index contributed by atoms with van der Waals surface area (Å²) in [6, 6.07) is 4.97. The van der Waals surface area contributed by atoms with E-state index in [4.69, 9.17) is 0 Å². The van der Waals surface area contributed by atoms with Gasteiger partial charge in [0.2, 0.25) is 0 Å². The Morgan fingerprint density at radius 2 is 1.81 bits per heavy atom. The van der Waals surface area contributed by atoms with Crippen molar-refractivity contribution in [2.75, 3.05) is 11.9 Å². The molecule has 0 radical (unpaired) electrons. The van der Waals surface area contributed by atoms with Crippen molar-refractivity contribution in [3.63, 3.8) is 0 Å². The van der Waals surface area contributed by atoms with E-state index in [9.17, 15) is 22.4 Å². The first-order chi connectivity index (χ1) is 7.30. The molecule has 1 aromatic rings. The maximum atomic E-state index is 13.9. The van der Waals surface area contributed by atoms with Crippen LogP contribution in [0.25, 0.3) is 0 Å². The molecule has 2 rings (SSSR count). The zero-order valence-corrected chi connectivity index (χ0v) is 8.18. The van der Waals surface area contributed by atoms with Gasteiger partial charge in [-0.25, -0.2) is 4.39 Å². The van der Waals surface area contributed by atoms with Gasteiger partial charge in [-0.1, -0.05) is 18.2 Å². The van der Waals surface area contributed by atoms with Crippen LogP contribution in [0.5, 0.6) is 0 Å². The first kappa shape index (κ1) is 10.9. The summed E-state index contributed by atoms with van der Waals surface area (Å²) in [5.74, 6) is -1.60. The molecule has 86 valence electrons. The molecular weight excluding hydrogens is 226 g/mol. The molecule has 6 heteroatoms.